The lowest BCUT2D eigenvalue weighted by Gasteiger charge is -2.40. The highest BCUT2D eigenvalue weighted by atomic mass is 32.2. The van der Waals surface area contributed by atoms with E-state index in [0.29, 0.717) is 0 Å². The summed E-state index contributed by atoms with van der Waals surface area (Å²) in [6.45, 7) is 0. The molecule has 12 aromatic rings. The highest BCUT2D eigenvalue weighted by Gasteiger charge is 2.53. The van der Waals surface area contributed by atoms with E-state index in [1.54, 1.807) is 0 Å². The maximum absolute atomic E-state index is 6.70. The Labute approximate surface area is 421 Å². The fourth-order valence-corrected chi connectivity index (χ4v) is 14.5. The van der Waals surface area contributed by atoms with Gasteiger partial charge in [0.2, 0.25) is 0 Å². The summed E-state index contributed by atoms with van der Waals surface area (Å²) in [7, 11) is 0. The number of hydrogen-bond donors (Lipinski definition) is 0. The first-order chi connectivity index (χ1) is 35.7. The van der Waals surface area contributed by atoms with E-state index in [1.165, 1.54) is 65.4 Å². The minimum absolute atomic E-state index is 0.519. The summed E-state index contributed by atoms with van der Waals surface area (Å²) in [6.07, 6.45) is 0. The molecule has 0 saturated heterocycles. The second kappa shape index (κ2) is 14.8. The van der Waals surface area contributed by atoms with Gasteiger partial charge in [-0.15, -0.1) is 0 Å². The molecule has 4 heteroatoms. The number of fused-ring (bicyclic) bond motifs is 21. The lowest BCUT2D eigenvalue weighted by Crippen LogP contribution is -2.32. The Balaban J connectivity index is 0.962. The third kappa shape index (κ3) is 5.16. The number of rotatable bonds is 4. The van der Waals surface area contributed by atoms with Crippen molar-refractivity contribution in [1.82, 2.24) is 0 Å². The van der Waals surface area contributed by atoms with Crippen molar-refractivity contribution in [2.75, 3.05) is 4.90 Å². The highest BCUT2D eigenvalue weighted by Crippen LogP contribution is 2.66. The zero-order chi connectivity index (χ0) is 47.1. The summed E-state index contributed by atoms with van der Waals surface area (Å²) in [5, 5.41) is 2.26. The predicted molar refractivity (Wildman–Crippen MR) is 293 cm³/mol. The minimum Gasteiger partial charge on any atom is -0.457 e. The SMILES string of the molecule is c1ccc2c(c1)Oc1ccccc1C21c2ccccc2-c2cc(N(c3ccc(-c4cccc5oc6ccccc6c45)cc3)c3cccc4c3-c3ccccc3C43c4ccccc4Sc4ccccc43)ccc21. The summed E-state index contributed by atoms with van der Waals surface area (Å²) >= 11 is 1.88. The quantitative estimate of drug-likeness (QED) is 0.176. The van der Waals surface area contributed by atoms with Crippen molar-refractivity contribution in [3.05, 3.63) is 293 Å². The molecule has 2 aliphatic carbocycles. The molecular formula is C68H41NO2S. The van der Waals surface area contributed by atoms with Crippen LogP contribution in [0.4, 0.5) is 17.1 Å². The standard InChI is InChI=1S/C68H41NO2S/c1-4-21-50-46(17-1)49-41-44(39-40-52(49)67(50)53-23-6-11-30-60(53)71-61-31-12-7-24-54(61)67)69(43-37-35-42(36-38-43)45-20-15-32-62-65(45)48-19-3-10-29-59(48)70-62)58-28-16-27-57-66(58)47-18-2-5-22-51(47)68(57)55-25-8-13-33-63(55)72-64-34-14-9-26-56(64)68/h1-41H. The molecule has 2 spiro atoms. The maximum atomic E-state index is 6.70. The number of benzene rings is 11. The van der Waals surface area contributed by atoms with Crippen LogP contribution in [0.1, 0.15) is 44.5 Å². The smallest absolute Gasteiger partial charge is 0.136 e. The van der Waals surface area contributed by atoms with Crippen LogP contribution >= 0.6 is 11.8 Å². The van der Waals surface area contributed by atoms with Crippen LogP contribution in [0.2, 0.25) is 0 Å². The summed E-state index contributed by atoms with van der Waals surface area (Å²) in [5.74, 6) is 1.78. The Morgan fingerprint density at radius 1 is 0.347 bits per heavy atom. The molecule has 0 atom stereocenters. The van der Waals surface area contributed by atoms with Crippen molar-refractivity contribution in [2.45, 2.75) is 20.6 Å². The molecule has 11 aromatic carbocycles. The first-order valence-corrected chi connectivity index (χ1v) is 25.6. The Morgan fingerprint density at radius 3 is 1.60 bits per heavy atom. The molecule has 4 aliphatic rings. The molecule has 1 aromatic heterocycles. The Hall–Kier alpha value is -8.83. The molecular weight excluding hydrogens is 895 g/mol. The summed E-state index contributed by atoms with van der Waals surface area (Å²) in [4.78, 5) is 5.10. The van der Waals surface area contributed by atoms with Gasteiger partial charge in [0, 0.05) is 48.6 Å². The monoisotopic (exact) mass is 935 g/mol. The van der Waals surface area contributed by atoms with Crippen molar-refractivity contribution in [2.24, 2.45) is 0 Å². The zero-order valence-corrected chi connectivity index (χ0v) is 39.7. The van der Waals surface area contributed by atoms with Crippen LogP contribution in [0.5, 0.6) is 11.5 Å². The second-order valence-corrected chi connectivity index (χ2v) is 20.5. The van der Waals surface area contributed by atoms with Crippen LogP contribution in [0.25, 0.3) is 55.3 Å². The molecule has 0 bridgehead atoms. The van der Waals surface area contributed by atoms with Gasteiger partial charge in [-0.3, -0.25) is 0 Å². The third-order valence-corrected chi connectivity index (χ3v) is 17.2. The molecule has 336 valence electrons. The fourth-order valence-electron chi connectivity index (χ4n) is 13.3. The lowest BCUT2D eigenvalue weighted by molar-refractivity contribution is 0.436. The zero-order valence-electron chi connectivity index (χ0n) is 38.8. The van der Waals surface area contributed by atoms with Gasteiger partial charge in [0.1, 0.15) is 22.7 Å². The molecule has 0 N–H and O–H groups in total. The van der Waals surface area contributed by atoms with Gasteiger partial charge in [0.25, 0.3) is 0 Å². The van der Waals surface area contributed by atoms with E-state index in [4.69, 9.17) is 9.15 Å². The maximum Gasteiger partial charge on any atom is 0.136 e. The first kappa shape index (κ1) is 40.0. The number of nitrogens with zero attached hydrogens (tertiary/aromatic N) is 1. The fraction of sp³-hybridized carbons (Fsp3) is 0.0294. The third-order valence-electron chi connectivity index (χ3n) is 16.0. The van der Waals surface area contributed by atoms with Crippen LogP contribution in [0, 0.1) is 0 Å². The van der Waals surface area contributed by atoms with E-state index in [1.807, 2.05) is 17.8 Å². The number of anilines is 3. The van der Waals surface area contributed by atoms with Gasteiger partial charge >= 0.3 is 0 Å². The molecule has 3 nitrogen and oxygen atoms in total. The molecule has 0 saturated carbocycles. The van der Waals surface area contributed by atoms with Crippen molar-refractivity contribution in [1.29, 1.82) is 0 Å². The van der Waals surface area contributed by atoms with Gasteiger partial charge in [0.15, 0.2) is 0 Å². The molecule has 0 unspecified atom stereocenters. The van der Waals surface area contributed by atoms with Gasteiger partial charge in [-0.2, -0.15) is 0 Å². The minimum atomic E-state index is -0.570. The number of para-hydroxylation sites is 3. The van der Waals surface area contributed by atoms with Crippen molar-refractivity contribution in [3.8, 4) is 44.9 Å². The van der Waals surface area contributed by atoms with Crippen molar-refractivity contribution in [3.63, 3.8) is 0 Å². The van der Waals surface area contributed by atoms with E-state index in [-0.39, 0.29) is 0 Å². The van der Waals surface area contributed by atoms with Crippen LogP contribution in [0.3, 0.4) is 0 Å². The van der Waals surface area contributed by atoms with Gasteiger partial charge < -0.3 is 14.1 Å². The Bertz CT molecular complexity index is 4170. The molecule has 3 heterocycles. The Kier molecular flexibility index (Phi) is 8.24. The van der Waals surface area contributed by atoms with E-state index in [0.717, 1.165) is 72.8 Å². The summed E-state index contributed by atoms with van der Waals surface area (Å²) in [5.41, 5.74) is 21.3. The van der Waals surface area contributed by atoms with E-state index >= 15 is 0 Å². The average molecular weight is 936 g/mol. The van der Waals surface area contributed by atoms with Crippen LogP contribution < -0.4 is 9.64 Å². The van der Waals surface area contributed by atoms with Gasteiger partial charge in [0.05, 0.1) is 16.5 Å². The van der Waals surface area contributed by atoms with E-state index < -0.39 is 10.8 Å². The van der Waals surface area contributed by atoms with Crippen LogP contribution in [-0.4, -0.2) is 0 Å². The Morgan fingerprint density at radius 2 is 0.861 bits per heavy atom. The second-order valence-electron chi connectivity index (χ2n) is 19.4. The topological polar surface area (TPSA) is 25.6 Å². The molecule has 72 heavy (non-hydrogen) atoms. The summed E-state index contributed by atoms with van der Waals surface area (Å²) < 4.78 is 13.1. The van der Waals surface area contributed by atoms with Crippen LogP contribution in [0.15, 0.2) is 263 Å². The molecule has 0 amide bonds. The van der Waals surface area contributed by atoms with Crippen molar-refractivity contribution >= 4 is 50.8 Å². The first-order valence-electron chi connectivity index (χ1n) is 24.7. The lowest BCUT2D eigenvalue weighted by atomic mass is 9.66. The van der Waals surface area contributed by atoms with Crippen molar-refractivity contribution < 1.29 is 9.15 Å². The highest BCUT2D eigenvalue weighted by molar-refractivity contribution is 7.99. The van der Waals surface area contributed by atoms with E-state index in [9.17, 15) is 0 Å². The number of ether oxygens (including phenoxy) is 1. The molecule has 0 fully saturated rings. The molecule has 0 radical (unpaired) electrons. The summed E-state index contributed by atoms with van der Waals surface area (Å²) in [6, 6.07) is 91.6. The number of furan rings is 1. The predicted octanol–water partition coefficient (Wildman–Crippen LogP) is 18.0. The van der Waals surface area contributed by atoms with Gasteiger partial charge in [-0.1, -0.05) is 194 Å². The largest absolute Gasteiger partial charge is 0.457 e. The molecule has 16 rings (SSSR count). The normalized spacial score (nSPS) is 14.4. The van der Waals surface area contributed by atoms with Crippen LogP contribution in [-0.2, 0) is 10.8 Å². The number of hydrogen-bond acceptors (Lipinski definition) is 4. The van der Waals surface area contributed by atoms with Gasteiger partial charge in [-0.25, -0.2) is 0 Å². The average Bonchev–Trinajstić information content (AvgIpc) is 4.07. The van der Waals surface area contributed by atoms with Gasteiger partial charge in [-0.05, 0) is 128 Å². The molecule has 2 aliphatic heterocycles. The van der Waals surface area contributed by atoms with E-state index in [2.05, 4.69) is 248 Å².